The lowest BCUT2D eigenvalue weighted by molar-refractivity contribution is 0.318. The Kier molecular flexibility index (Phi) is 12.3. The second-order valence-corrected chi connectivity index (χ2v) is 12.5. The third-order valence-corrected chi connectivity index (χ3v) is 7.34. The maximum absolute atomic E-state index is 10.6. The fourth-order valence-corrected chi connectivity index (χ4v) is 4.33. The maximum atomic E-state index is 10.6. The molecular weight excluding hydrogens is 614 g/mol. The van der Waals surface area contributed by atoms with E-state index in [0.29, 0.717) is 27.8 Å². The summed E-state index contributed by atoms with van der Waals surface area (Å²) in [4.78, 5) is -0.505. The third-order valence-electron chi connectivity index (χ3n) is 4.43. The molecule has 0 amide bonds. The largest absolute Gasteiger partial charge is 0.491 e. The lowest BCUT2D eigenvalue weighted by atomic mass is 10.2. The number of halogens is 1. The van der Waals surface area contributed by atoms with Crippen molar-refractivity contribution in [2.24, 2.45) is 0 Å². The van der Waals surface area contributed by atoms with E-state index in [1.165, 1.54) is 48.5 Å². The number of anilines is 5. The first kappa shape index (κ1) is 34.5. The summed E-state index contributed by atoms with van der Waals surface area (Å²) in [6, 6.07) is 12.1. The number of hydrogen-bond donors (Lipinski definition) is 8. The molecule has 0 unspecified atom stereocenters. The van der Waals surface area contributed by atoms with Gasteiger partial charge in [0.25, 0.3) is 30.4 Å². The van der Waals surface area contributed by atoms with Crippen LogP contribution in [0.3, 0.4) is 0 Å². The van der Waals surface area contributed by atoms with Crippen LogP contribution in [0, 0.1) is 0 Å². The van der Waals surface area contributed by atoms with E-state index in [-0.39, 0.29) is 39.9 Å². The molecule has 0 radical (unpaired) electrons. The van der Waals surface area contributed by atoms with Gasteiger partial charge in [0.15, 0.2) is 0 Å². The average Bonchev–Trinajstić information content (AvgIpc) is 2.81. The van der Waals surface area contributed by atoms with E-state index in [1.54, 1.807) is 0 Å². The molecule has 0 spiro atoms. The summed E-state index contributed by atoms with van der Waals surface area (Å²) in [5.74, 6) is -0.0297. The van der Waals surface area contributed by atoms with Crippen molar-refractivity contribution in [2.75, 3.05) is 41.0 Å². The predicted octanol–water partition coefficient (Wildman–Crippen LogP) is 1.77. The van der Waals surface area contributed by atoms with E-state index in [1.807, 2.05) is 0 Å². The van der Waals surface area contributed by atoms with Crippen LogP contribution in [0.15, 0.2) is 64.4 Å². The van der Waals surface area contributed by atoms with Crippen LogP contribution >= 0.6 is 11.6 Å². The quantitative estimate of drug-likeness (QED) is 0.103. The van der Waals surface area contributed by atoms with Gasteiger partial charge in [0.1, 0.15) is 10.6 Å². The van der Waals surface area contributed by atoms with Crippen molar-refractivity contribution in [3.8, 4) is 5.75 Å². The Bertz CT molecular complexity index is 1630. The standard InChI is InChI=1S/C9H13ClN2O4S.C6H8N2O3S.C6H7NO3S/c10-6-4-8(12)9(5-7(6)11)16-2-1-3-17(13,14)15;7-4-1-2-5(8)6(3-4)12(9,10)11;7-5-1-3-6(4-2-5)11(8,9)10/h4-5H,1-3,11-12H2,(H,13,14,15);1-3H,7-8H2,(H,9,10,11);1-4H,7H2,(H,8,9,10). The Morgan fingerprint density at radius 1 is 0.675 bits per heavy atom. The van der Waals surface area contributed by atoms with Crippen molar-refractivity contribution in [1.82, 2.24) is 0 Å². The fraction of sp³-hybridized carbons (Fsp3) is 0.143. The lowest BCUT2D eigenvalue weighted by Gasteiger charge is -2.10. The van der Waals surface area contributed by atoms with Crippen molar-refractivity contribution in [1.29, 1.82) is 0 Å². The highest BCUT2D eigenvalue weighted by atomic mass is 35.5. The first-order valence-electron chi connectivity index (χ1n) is 10.6. The predicted molar refractivity (Wildman–Crippen MR) is 153 cm³/mol. The Balaban J connectivity index is 0.000000309. The SMILES string of the molecule is Nc1cc(OCCCS(=O)(=O)O)c(N)cc1Cl.Nc1ccc(N)c(S(=O)(=O)O)c1.Nc1ccc(S(=O)(=O)O)cc1. The van der Waals surface area contributed by atoms with Crippen LogP contribution in [0.2, 0.25) is 5.02 Å². The summed E-state index contributed by atoms with van der Waals surface area (Å²) in [6.07, 6.45) is 0.154. The van der Waals surface area contributed by atoms with Crippen LogP contribution in [0.25, 0.3) is 0 Å². The highest BCUT2D eigenvalue weighted by Gasteiger charge is 2.13. The molecule has 13 N–H and O–H groups in total. The number of ether oxygens (including phenoxy) is 1. The molecule has 19 heteroatoms. The molecule has 0 saturated carbocycles. The Hall–Kier alpha value is -3.52. The molecule has 3 aromatic rings. The summed E-state index contributed by atoms with van der Waals surface area (Å²) in [6.45, 7) is 0.102. The topological polar surface area (TPSA) is 302 Å². The molecule has 40 heavy (non-hydrogen) atoms. The van der Waals surface area contributed by atoms with E-state index < -0.39 is 30.4 Å². The molecule has 0 aliphatic carbocycles. The molecule has 222 valence electrons. The normalized spacial score (nSPS) is 11.4. The van der Waals surface area contributed by atoms with E-state index in [0.717, 1.165) is 6.07 Å². The maximum Gasteiger partial charge on any atom is 0.296 e. The molecule has 3 rings (SSSR count). The summed E-state index contributed by atoms with van der Waals surface area (Å²) < 4.78 is 93.9. The van der Waals surface area contributed by atoms with Crippen LogP contribution in [0.4, 0.5) is 28.4 Å². The van der Waals surface area contributed by atoms with E-state index >= 15 is 0 Å². The van der Waals surface area contributed by atoms with E-state index in [2.05, 4.69) is 0 Å². The number of nitrogens with two attached hydrogens (primary N) is 5. The summed E-state index contributed by atoms with van der Waals surface area (Å²) in [7, 11) is -12.3. The number of hydrogen-bond acceptors (Lipinski definition) is 12. The van der Waals surface area contributed by atoms with Crippen molar-refractivity contribution in [3.63, 3.8) is 0 Å². The van der Waals surface area contributed by atoms with Gasteiger partial charge in [-0.1, -0.05) is 11.6 Å². The minimum Gasteiger partial charge on any atom is -0.491 e. The minimum absolute atomic E-state index is 0.0216. The average molecular weight is 642 g/mol. The third kappa shape index (κ3) is 12.6. The van der Waals surface area contributed by atoms with Crippen molar-refractivity contribution in [2.45, 2.75) is 16.2 Å². The molecule has 0 aliphatic heterocycles. The Morgan fingerprint density at radius 3 is 1.70 bits per heavy atom. The van der Waals surface area contributed by atoms with Gasteiger partial charge in [-0.3, -0.25) is 13.7 Å². The van der Waals surface area contributed by atoms with Crippen molar-refractivity contribution >= 4 is 70.4 Å². The number of benzene rings is 3. The smallest absolute Gasteiger partial charge is 0.296 e. The summed E-state index contributed by atoms with van der Waals surface area (Å²) in [5.41, 5.74) is 28.4. The zero-order chi connectivity index (χ0) is 30.9. The van der Waals surface area contributed by atoms with Gasteiger partial charge in [0, 0.05) is 17.4 Å². The van der Waals surface area contributed by atoms with Gasteiger partial charge in [-0.05, 0) is 55.0 Å². The van der Waals surface area contributed by atoms with Crippen LogP contribution < -0.4 is 33.4 Å². The second-order valence-electron chi connectivity index (χ2n) is 7.72. The van der Waals surface area contributed by atoms with Crippen LogP contribution in [-0.2, 0) is 30.4 Å². The zero-order valence-electron chi connectivity index (χ0n) is 20.5. The number of nitrogen functional groups attached to an aromatic ring is 5. The zero-order valence-corrected chi connectivity index (χ0v) is 23.7. The molecule has 0 fully saturated rings. The molecule has 0 aromatic heterocycles. The number of rotatable bonds is 7. The highest BCUT2D eigenvalue weighted by molar-refractivity contribution is 7.86. The van der Waals surface area contributed by atoms with E-state index in [9.17, 15) is 25.3 Å². The van der Waals surface area contributed by atoms with Gasteiger partial charge in [-0.25, -0.2) is 0 Å². The summed E-state index contributed by atoms with van der Waals surface area (Å²) in [5, 5.41) is 0.327. The van der Waals surface area contributed by atoms with Gasteiger partial charge in [-0.15, -0.1) is 0 Å². The molecule has 3 aromatic carbocycles. The van der Waals surface area contributed by atoms with E-state index in [4.69, 9.17) is 58.7 Å². The molecule has 0 atom stereocenters. The van der Waals surface area contributed by atoms with Gasteiger partial charge in [-0.2, -0.15) is 25.3 Å². The molecular formula is C21H28ClN5O10S3. The van der Waals surface area contributed by atoms with Crippen molar-refractivity contribution in [3.05, 3.63) is 59.6 Å². The molecule has 0 aliphatic rings. The van der Waals surface area contributed by atoms with Crippen LogP contribution in [-0.4, -0.2) is 51.3 Å². The minimum atomic E-state index is -4.26. The van der Waals surface area contributed by atoms with Gasteiger partial charge < -0.3 is 33.4 Å². The Morgan fingerprint density at radius 2 is 1.23 bits per heavy atom. The van der Waals surface area contributed by atoms with Crippen LogP contribution in [0.1, 0.15) is 6.42 Å². The molecule has 0 bridgehead atoms. The fourth-order valence-electron chi connectivity index (χ4n) is 2.55. The molecule has 0 heterocycles. The van der Waals surface area contributed by atoms with Gasteiger partial charge >= 0.3 is 0 Å². The first-order chi connectivity index (χ1) is 18.2. The monoisotopic (exact) mass is 641 g/mol. The van der Waals surface area contributed by atoms with Crippen molar-refractivity contribution < 1.29 is 43.6 Å². The van der Waals surface area contributed by atoms with Gasteiger partial charge in [0.05, 0.1) is 39.3 Å². The molecule has 15 nitrogen and oxygen atoms in total. The highest BCUT2D eigenvalue weighted by Crippen LogP contribution is 2.30. The summed E-state index contributed by atoms with van der Waals surface area (Å²) >= 11 is 5.73. The van der Waals surface area contributed by atoms with Gasteiger partial charge in [0.2, 0.25) is 0 Å². The Labute approximate surface area is 236 Å². The lowest BCUT2D eigenvalue weighted by Crippen LogP contribution is -2.09. The second kappa shape index (κ2) is 14.2. The first-order valence-corrected chi connectivity index (χ1v) is 15.5. The van der Waals surface area contributed by atoms with Crippen LogP contribution in [0.5, 0.6) is 5.75 Å². The molecule has 0 saturated heterocycles.